The average molecular weight is 251 g/mol. The predicted molar refractivity (Wildman–Crippen MR) is 61.0 cm³/mol. The second-order valence-electron chi connectivity index (χ2n) is 3.82. The Morgan fingerprint density at radius 1 is 1.17 bits per heavy atom. The molecule has 0 saturated carbocycles. The van der Waals surface area contributed by atoms with Gasteiger partial charge in [0.25, 0.3) is 0 Å². The zero-order valence-corrected chi connectivity index (χ0v) is 9.45. The average Bonchev–Trinajstić information content (AvgIpc) is 2.82. The van der Waals surface area contributed by atoms with Crippen molar-refractivity contribution in [3.63, 3.8) is 0 Å². The molecule has 0 unspecified atom stereocenters. The van der Waals surface area contributed by atoms with Crippen molar-refractivity contribution in [2.75, 3.05) is 0 Å². The van der Waals surface area contributed by atoms with Crippen LogP contribution in [0.2, 0.25) is 0 Å². The van der Waals surface area contributed by atoms with Crippen molar-refractivity contribution in [1.82, 2.24) is 0 Å². The summed E-state index contributed by atoms with van der Waals surface area (Å²) in [6, 6.07) is 6.48. The van der Waals surface area contributed by atoms with Crippen LogP contribution in [-0.4, -0.2) is 5.78 Å². The van der Waals surface area contributed by atoms with Crippen LogP contribution >= 0.6 is 0 Å². The maximum Gasteiger partial charge on any atom is 0.202 e. The van der Waals surface area contributed by atoms with E-state index in [-0.39, 0.29) is 24.5 Å². The molecule has 0 fully saturated rings. The molecule has 0 aliphatic rings. The van der Waals surface area contributed by atoms with Crippen LogP contribution in [0.4, 0.5) is 8.78 Å². The van der Waals surface area contributed by atoms with Gasteiger partial charge in [-0.1, -0.05) is 6.07 Å². The number of carbonyl (C=O) groups is 1. The molecule has 3 nitrogen and oxygen atoms in total. The third kappa shape index (κ3) is 2.62. The summed E-state index contributed by atoms with van der Waals surface area (Å²) in [4.78, 5) is 11.8. The van der Waals surface area contributed by atoms with Gasteiger partial charge in [0.1, 0.15) is 5.76 Å². The highest BCUT2D eigenvalue weighted by Crippen LogP contribution is 2.13. The summed E-state index contributed by atoms with van der Waals surface area (Å²) in [7, 11) is 0. The minimum absolute atomic E-state index is 0.0469. The molecule has 0 aliphatic carbocycles. The van der Waals surface area contributed by atoms with Crippen LogP contribution in [0.25, 0.3) is 0 Å². The molecule has 0 spiro atoms. The molecule has 0 aliphatic heterocycles. The van der Waals surface area contributed by atoms with E-state index in [1.165, 1.54) is 12.1 Å². The predicted octanol–water partition coefficient (Wildman–Crippen LogP) is 2.44. The van der Waals surface area contributed by atoms with Gasteiger partial charge in [-0.05, 0) is 29.8 Å². The van der Waals surface area contributed by atoms with Crippen molar-refractivity contribution in [2.24, 2.45) is 5.73 Å². The monoisotopic (exact) mass is 251 g/mol. The summed E-state index contributed by atoms with van der Waals surface area (Å²) >= 11 is 0. The molecular formula is C13H11F2NO2. The Bertz CT molecular complexity index is 578. The van der Waals surface area contributed by atoms with Crippen LogP contribution in [0.3, 0.4) is 0 Å². The molecule has 0 atom stereocenters. The molecule has 18 heavy (non-hydrogen) atoms. The summed E-state index contributed by atoms with van der Waals surface area (Å²) < 4.78 is 30.9. The summed E-state index contributed by atoms with van der Waals surface area (Å²) in [6.07, 6.45) is -0.0469. The molecule has 2 N–H and O–H groups in total. The molecule has 1 aromatic heterocycles. The lowest BCUT2D eigenvalue weighted by molar-refractivity contribution is 0.0964. The van der Waals surface area contributed by atoms with Gasteiger partial charge in [0, 0.05) is 6.42 Å². The number of Topliss-reactive ketones (excluding diaryl/α,β-unsaturated/α-hetero) is 1. The van der Waals surface area contributed by atoms with Crippen molar-refractivity contribution in [3.8, 4) is 0 Å². The molecule has 1 heterocycles. The van der Waals surface area contributed by atoms with Crippen molar-refractivity contribution in [2.45, 2.75) is 13.0 Å². The first-order valence-corrected chi connectivity index (χ1v) is 5.36. The van der Waals surface area contributed by atoms with Gasteiger partial charge in [-0.15, -0.1) is 0 Å². The topological polar surface area (TPSA) is 56.2 Å². The van der Waals surface area contributed by atoms with E-state index in [0.717, 1.165) is 12.1 Å². The highest BCUT2D eigenvalue weighted by molar-refractivity contribution is 5.95. The Morgan fingerprint density at radius 3 is 2.56 bits per heavy atom. The van der Waals surface area contributed by atoms with Crippen LogP contribution in [0.15, 0.2) is 34.7 Å². The van der Waals surface area contributed by atoms with E-state index in [1.54, 1.807) is 6.07 Å². The molecule has 0 bridgehead atoms. The fraction of sp³-hybridized carbons (Fsp3) is 0.154. The lowest BCUT2D eigenvalue weighted by Gasteiger charge is -2.00. The lowest BCUT2D eigenvalue weighted by Crippen LogP contribution is -2.03. The van der Waals surface area contributed by atoms with Gasteiger partial charge < -0.3 is 10.2 Å². The van der Waals surface area contributed by atoms with E-state index >= 15 is 0 Å². The van der Waals surface area contributed by atoms with Gasteiger partial charge in [-0.3, -0.25) is 4.79 Å². The van der Waals surface area contributed by atoms with E-state index in [4.69, 9.17) is 10.2 Å². The number of benzene rings is 1. The highest BCUT2D eigenvalue weighted by Gasteiger charge is 2.13. The number of nitrogens with two attached hydrogens (primary N) is 1. The van der Waals surface area contributed by atoms with Crippen LogP contribution in [0.5, 0.6) is 0 Å². The standard InChI is InChI=1S/C13H11F2NO2/c14-10-3-1-8(5-11(10)15)6-12(17)13-4-2-9(7-16)18-13/h1-5H,6-7,16H2. The molecule has 2 rings (SSSR count). The Hall–Kier alpha value is -2.01. The maximum absolute atomic E-state index is 13.0. The number of hydrogen-bond acceptors (Lipinski definition) is 3. The number of hydrogen-bond donors (Lipinski definition) is 1. The van der Waals surface area contributed by atoms with Gasteiger partial charge in [0.15, 0.2) is 17.4 Å². The van der Waals surface area contributed by atoms with Crippen LogP contribution < -0.4 is 5.73 Å². The molecule has 2 aromatic rings. The number of furan rings is 1. The normalized spacial score (nSPS) is 10.6. The van der Waals surface area contributed by atoms with Gasteiger partial charge in [-0.2, -0.15) is 0 Å². The van der Waals surface area contributed by atoms with E-state index in [0.29, 0.717) is 11.3 Å². The summed E-state index contributed by atoms with van der Waals surface area (Å²) in [5.41, 5.74) is 5.75. The lowest BCUT2D eigenvalue weighted by atomic mass is 10.1. The molecular weight excluding hydrogens is 240 g/mol. The number of halogens is 2. The Labute approximate surface area is 102 Å². The van der Waals surface area contributed by atoms with Crippen molar-refractivity contribution in [3.05, 3.63) is 59.1 Å². The maximum atomic E-state index is 13.0. The van der Waals surface area contributed by atoms with Crippen LogP contribution in [0.1, 0.15) is 21.9 Å². The first-order valence-electron chi connectivity index (χ1n) is 5.36. The summed E-state index contributed by atoms with van der Waals surface area (Å²) in [5, 5.41) is 0. The zero-order valence-electron chi connectivity index (χ0n) is 9.45. The van der Waals surface area contributed by atoms with Crippen LogP contribution in [-0.2, 0) is 13.0 Å². The highest BCUT2D eigenvalue weighted by atomic mass is 19.2. The molecule has 0 saturated heterocycles. The minimum atomic E-state index is -0.970. The SMILES string of the molecule is NCc1ccc(C(=O)Cc2ccc(F)c(F)c2)o1. The Kier molecular flexibility index (Phi) is 3.53. The van der Waals surface area contributed by atoms with Crippen molar-refractivity contribution in [1.29, 1.82) is 0 Å². The minimum Gasteiger partial charge on any atom is -0.457 e. The van der Waals surface area contributed by atoms with E-state index in [2.05, 4.69) is 0 Å². The molecule has 94 valence electrons. The van der Waals surface area contributed by atoms with Gasteiger partial charge >= 0.3 is 0 Å². The van der Waals surface area contributed by atoms with Crippen LogP contribution in [0, 0.1) is 11.6 Å². The Morgan fingerprint density at radius 2 is 1.94 bits per heavy atom. The molecule has 5 heteroatoms. The first-order chi connectivity index (χ1) is 8.60. The van der Waals surface area contributed by atoms with Crippen molar-refractivity contribution >= 4 is 5.78 Å². The van der Waals surface area contributed by atoms with Crippen molar-refractivity contribution < 1.29 is 18.0 Å². The van der Waals surface area contributed by atoms with Gasteiger partial charge in [-0.25, -0.2) is 8.78 Å². The molecule has 0 radical (unpaired) electrons. The third-order valence-electron chi connectivity index (χ3n) is 2.49. The number of carbonyl (C=O) groups excluding carboxylic acids is 1. The Balaban J connectivity index is 2.13. The summed E-state index contributed by atoms with van der Waals surface area (Å²) in [6.45, 7) is 0.207. The largest absolute Gasteiger partial charge is 0.457 e. The van der Waals surface area contributed by atoms with E-state index in [1.807, 2.05) is 0 Å². The quantitative estimate of drug-likeness (QED) is 0.849. The second kappa shape index (κ2) is 5.10. The molecule has 1 aromatic carbocycles. The van der Waals surface area contributed by atoms with E-state index < -0.39 is 11.6 Å². The van der Waals surface area contributed by atoms with Gasteiger partial charge in [0.2, 0.25) is 5.78 Å². The number of ketones is 1. The van der Waals surface area contributed by atoms with Gasteiger partial charge in [0.05, 0.1) is 6.54 Å². The second-order valence-corrected chi connectivity index (χ2v) is 3.82. The first kappa shape index (κ1) is 12.4. The summed E-state index contributed by atoms with van der Waals surface area (Å²) in [5.74, 6) is -1.54. The fourth-order valence-corrected chi connectivity index (χ4v) is 1.56. The third-order valence-corrected chi connectivity index (χ3v) is 2.49. The van der Waals surface area contributed by atoms with E-state index in [9.17, 15) is 13.6 Å². The molecule has 0 amide bonds. The smallest absolute Gasteiger partial charge is 0.202 e. The fourth-order valence-electron chi connectivity index (χ4n) is 1.56. The zero-order chi connectivity index (χ0) is 13.1. The number of rotatable bonds is 4.